The number of amides is 2. The van der Waals surface area contributed by atoms with Gasteiger partial charge in [-0.2, -0.15) is 5.10 Å². The summed E-state index contributed by atoms with van der Waals surface area (Å²) in [5, 5.41) is 11.1. The van der Waals surface area contributed by atoms with Gasteiger partial charge in [-0.15, -0.1) is 0 Å². The summed E-state index contributed by atoms with van der Waals surface area (Å²) in [5.41, 5.74) is 0.345. The second-order valence-electron chi connectivity index (χ2n) is 9.01. The van der Waals surface area contributed by atoms with Crippen molar-refractivity contribution in [1.29, 1.82) is 0 Å². The molecular weight excluding hydrogens is 380 g/mol. The summed E-state index contributed by atoms with van der Waals surface area (Å²) in [5.74, 6) is 1.35. The SMILES string of the molecule is COC(C)Cn1ncc(C(=O)NC2[C@@H]3CC4C[C@H]2CC(NC(C)=O)(C4)C3)c1Cl. The standard InChI is InChI=1S/C20H29ClN4O3/c1-11(28-3)10-25-18(21)16(9-22-25)19(27)23-17-14-4-13-5-15(17)8-20(6-13,7-14)24-12(2)26/h9,11,13-15,17H,4-8,10H2,1-3H3,(H,23,27)(H,24,26)/t11?,13?,14-,15+,17?,20?. The highest BCUT2D eigenvalue weighted by Gasteiger charge is 2.56. The van der Waals surface area contributed by atoms with Gasteiger partial charge in [-0.3, -0.25) is 14.3 Å². The van der Waals surface area contributed by atoms with Gasteiger partial charge in [0.1, 0.15) is 5.15 Å². The van der Waals surface area contributed by atoms with Crippen LogP contribution in [-0.4, -0.2) is 46.4 Å². The zero-order chi connectivity index (χ0) is 20.1. The Balaban J connectivity index is 1.46. The quantitative estimate of drug-likeness (QED) is 0.756. The number of nitrogens with zero attached hydrogens (tertiary/aromatic N) is 2. The smallest absolute Gasteiger partial charge is 0.256 e. The molecule has 4 fully saturated rings. The molecular formula is C20H29ClN4O3. The van der Waals surface area contributed by atoms with Crippen LogP contribution in [0.15, 0.2) is 6.20 Å². The lowest BCUT2D eigenvalue weighted by molar-refractivity contribution is -0.125. The number of rotatable bonds is 6. The van der Waals surface area contributed by atoms with Gasteiger partial charge in [-0.25, -0.2) is 0 Å². The molecule has 1 aromatic rings. The average Bonchev–Trinajstić information content (AvgIpc) is 2.97. The number of methoxy groups -OCH3 is 1. The first-order chi connectivity index (χ1) is 13.3. The monoisotopic (exact) mass is 408 g/mol. The van der Waals surface area contributed by atoms with Crippen LogP contribution in [0.1, 0.15) is 56.3 Å². The molecule has 154 valence electrons. The normalized spacial score (nSPS) is 34.3. The Bertz CT molecular complexity index is 764. The van der Waals surface area contributed by atoms with E-state index in [1.807, 2.05) is 6.92 Å². The van der Waals surface area contributed by atoms with E-state index in [4.69, 9.17) is 16.3 Å². The summed E-state index contributed by atoms with van der Waals surface area (Å²) in [6.45, 7) is 4.03. The van der Waals surface area contributed by atoms with E-state index in [2.05, 4.69) is 15.7 Å². The van der Waals surface area contributed by atoms with Crippen LogP contribution in [0.25, 0.3) is 0 Å². The van der Waals surface area contributed by atoms with Gasteiger partial charge in [0.25, 0.3) is 5.91 Å². The Kier molecular flexibility index (Phi) is 5.16. The molecule has 2 N–H and O–H groups in total. The maximum atomic E-state index is 12.9. The minimum atomic E-state index is -0.160. The third-order valence-corrected chi connectivity index (χ3v) is 7.26. The Hall–Kier alpha value is -1.60. The van der Waals surface area contributed by atoms with Crippen molar-refractivity contribution in [1.82, 2.24) is 20.4 Å². The Morgan fingerprint density at radius 2 is 2.04 bits per heavy atom. The number of ether oxygens (including phenoxy) is 1. The molecule has 0 aromatic carbocycles. The largest absolute Gasteiger partial charge is 0.380 e. The van der Waals surface area contributed by atoms with E-state index in [-0.39, 0.29) is 29.5 Å². The van der Waals surface area contributed by atoms with Crippen molar-refractivity contribution < 1.29 is 14.3 Å². The molecule has 0 aliphatic heterocycles. The topological polar surface area (TPSA) is 85.2 Å². The number of hydrogen-bond donors (Lipinski definition) is 2. The van der Waals surface area contributed by atoms with Gasteiger partial charge in [0.2, 0.25) is 5.91 Å². The summed E-state index contributed by atoms with van der Waals surface area (Å²) < 4.78 is 6.86. The second-order valence-corrected chi connectivity index (χ2v) is 9.37. The summed E-state index contributed by atoms with van der Waals surface area (Å²) >= 11 is 6.40. The molecule has 6 atom stereocenters. The van der Waals surface area contributed by atoms with Crippen LogP contribution in [0, 0.1) is 17.8 Å². The highest BCUT2D eigenvalue weighted by atomic mass is 35.5. The van der Waals surface area contributed by atoms with E-state index in [1.54, 1.807) is 18.7 Å². The fourth-order valence-corrected chi connectivity index (χ4v) is 6.23. The molecule has 0 radical (unpaired) electrons. The van der Waals surface area contributed by atoms with Crippen molar-refractivity contribution in [3.05, 3.63) is 16.9 Å². The van der Waals surface area contributed by atoms with E-state index in [0.29, 0.717) is 35.0 Å². The lowest BCUT2D eigenvalue weighted by Gasteiger charge is -2.60. The second kappa shape index (κ2) is 7.34. The molecule has 28 heavy (non-hydrogen) atoms. The van der Waals surface area contributed by atoms with Crippen LogP contribution >= 0.6 is 11.6 Å². The van der Waals surface area contributed by atoms with Crippen LogP contribution in [0.4, 0.5) is 0 Å². The highest BCUT2D eigenvalue weighted by Crippen LogP contribution is 2.55. The minimum Gasteiger partial charge on any atom is -0.380 e. The van der Waals surface area contributed by atoms with Crippen molar-refractivity contribution in [2.45, 2.75) is 70.2 Å². The zero-order valence-corrected chi connectivity index (χ0v) is 17.5. The third-order valence-electron chi connectivity index (χ3n) is 6.86. The molecule has 0 spiro atoms. The molecule has 4 aliphatic rings. The molecule has 5 rings (SSSR count). The number of carbonyl (C=O) groups is 2. The van der Waals surface area contributed by atoms with Crippen LogP contribution in [0.2, 0.25) is 5.15 Å². The molecule has 4 saturated carbocycles. The van der Waals surface area contributed by atoms with Gasteiger partial charge >= 0.3 is 0 Å². The highest BCUT2D eigenvalue weighted by molar-refractivity contribution is 6.32. The molecule has 1 aromatic heterocycles. The fourth-order valence-electron chi connectivity index (χ4n) is 5.98. The van der Waals surface area contributed by atoms with Crippen molar-refractivity contribution in [2.75, 3.05) is 7.11 Å². The molecule has 1 heterocycles. The summed E-state index contributed by atoms with van der Waals surface area (Å²) in [7, 11) is 1.63. The first kappa shape index (κ1) is 19.7. The van der Waals surface area contributed by atoms with Crippen LogP contribution in [0.3, 0.4) is 0 Å². The van der Waals surface area contributed by atoms with Gasteiger partial charge in [0.15, 0.2) is 0 Å². The Morgan fingerprint density at radius 3 is 2.64 bits per heavy atom. The molecule has 2 amide bonds. The van der Waals surface area contributed by atoms with Crippen molar-refractivity contribution in [3.63, 3.8) is 0 Å². The average molecular weight is 409 g/mol. The first-order valence-electron chi connectivity index (χ1n) is 10.1. The van der Waals surface area contributed by atoms with E-state index < -0.39 is 0 Å². The van der Waals surface area contributed by atoms with Gasteiger partial charge in [-0.05, 0) is 56.8 Å². The number of nitrogens with one attached hydrogen (secondary N) is 2. The molecule has 4 aliphatic carbocycles. The number of aromatic nitrogens is 2. The lowest BCUT2D eigenvalue weighted by atomic mass is 9.51. The summed E-state index contributed by atoms with van der Waals surface area (Å²) in [6.07, 6.45) is 6.72. The maximum Gasteiger partial charge on any atom is 0.256 e. The van der Waals surface area contributed by atoms with Gasteiger partial charge in [-0.1, -0.05) is 11.6 Å². The predicted molar refractivity (Wildman–Crippen MR) is 105 cm³/mol. The van der Waals surface area contributed by atoms with E-state index in [0.717, 1.165) is 32.1 Å². The van der Waals surface area contributed by atoms with Crippen LogP contribution < -0.4 is 10.6 Å². The van der Waals surface area contributed by atoms with Gasteiger partial charge in [0.05, 0.1) is 24.4 Å². The minimum absolute atomic E-state index is 0.0392. The van der Waals surface area contributed by atoms with Gasteiger partial charge < -0.3 is 15.4 Å². The molecule has 8 heteroatoms. The Labute approximate surface area is 170 Å². The maximum absolute atomic E-state index is 12.9. The fraction of sp³-hybridized carbons (Fsp3) is 0.750. The zero-order valence-electron chi connectivity index (χ0n) is 16.7. The van der Waals surface area contributed by atoms with Crippen LogP contribution in [0.5, 0.6) is 0 Å². The summed E-state index contributed by atoms with van der Waals surface area (Å²) in [4.78, 5) is 24.6. The number of hydrogen-bond acceptors (Lipinski definition) is 4. The predicted octanol–water partition coefficient (Wildman–Crippen LogP) is 2.38. The molecule has 7 nitrogen and oxygen atoms in total. The number of carbonyl (C=O) groups excluding carboxylic acids is 2. The molecule has 4 bridgehead atoms. The van der Waals surface area contributed by atoms with Crippen molar-refractivity contribution in [2.24, 2.45) is 17.8 Å². The van der Waals surface area contributed by atoms with Crippen molar-refractivity contribution >= 4 is 23.4 Å². The summed E-state index contributed by atoms with van der Waals surface area (Å²) in [6, 6.07) is 0.142. The number of halogens is 1. The molecule has 4 unspecified atom stereocenters. The van der Waals surface area contributed by atoms with E-state index in [9.17, 15) is 9.59 Å². The van der Waals surface area contributed by atoms with E-state index in [1.165, 1.54) is 6.20 Å². The van der Waals surface area contributed by atoms with Crippen LogP contribution in [-0.2, 0) is 16.1 Å². The Morgan fingerprint density at radius 1 is 1.36 bits per heavy atom. The van der Waals surface area contributed by atoms with Gasteiger partial charge in [0, 0.05) is 25.6 Å². The molecule has 0 saturated heterocycles. The third kappa shape index (κ3) is 3.54. The van der Waals surface area contributed by atoms with Crippen molar-refractivity contribution in [3.8, 4) is 0 Å². The van der Waals surface area contributed by atoms with E-state index >= 15 is 0 Å². The lowest BCUT2D eigenvalue weighted by Crippen LogP contribution is -2.66. The first-order valence-corrected chi connectivity index (χ1v) is 10.5.